The van der Waals surface area contributed by atoms with Crippen molar-refractivity contribution < 1.29 is 9.53 Å². The number of methoxy groups -OCH3 is 1. The van der Waals surface area contributed by atoms with E-state index < -0.39 is 0 Å². The number of piperidine rings is 1. The zero-order valence-electron chi connectivity index (χ0n) is 17.9. The van der Waals surface area contributed by atoms with Gasteiger partial charge in [0.05, 0.1) is 7.11 Å². The first-order chi connectivity index (χ1) is 15.2. The lowest BCUT2D eigenvalue weighted by Crippen LogP contribution is -2.90. The molecule has 2 heterocycles. The van der Waals surface area contributed by atoms with E-state index >= 15 is 0 Å². The summed E-state index contributed by atoms with van der Waals surface area (Å²) in [5.74, 6) is 2.46. The third-order valence-corrected chi connectivity index (χ3v) is 10.6. The van der Waals surface area contributed by atoms with E-state index in [2.05, 4.69) is 28.4 Å². The third kappa shape index (κ3) is 1.54. The van der Waals surface area contributed by atoms with Crippen molar-refractivity contribution in [2.24, 2.45) is 22.7 Å². The van der Waals surface area contributed by atoms with Crippen molar-refractivity contribution in [3.8, 4) is 5.75 Å². The highest BCUT2D eigenvalue weighted by atomic mass is 16.5. The maximum absolute atomic E-state index is 13.6. The van der Waals surface area contributed by atoms with E-state index in [0.29, 0.717) is 34.7 Å². The van der Waals surface area contributed by atoms with Crippen molar-refractivity contribution >= 4 is 5.91 Å². The minimum absolute atomic E-state index is 0.235. The Morgan fingerprint density at radius 2 is 2.03 bits per heavy atom. The number of hydrogen-bond acceptors (Lipinski definition) is 3. The summed E-state index contributed by atoms with van der Waals surface area (Å²) in [6, 6.07) is 17.8. The molecule has 5 fully saturated rings. The molecule has 1 N–H and O–H groups in total. The lowest BCUT2D eigenvalue weighted by molar-refractivity contribution is -0.257. The van der Waals surface area contributed by atoms with Crippen LogP contribution in [0.5, 0.6) is 5.75 Å². The Hall–Kier alpha value is -2.33. The second kappa shape index (κ2) is 5.17. The first-order valence-corrected chi connectivity index (χ1v) is 11.9. The minimum Gasteiger partial charge on any atom is -0.497 e. The van der Waals surface area contributed by atoms with Crippen molar-refractivity contribution in [3.05, 3.63) is 65.2 Å². The molecule has 8 rings (SSSR count). The molecular formula is C27H28N2O2. The third-order valence-electron chi connectivity index (χ3n) is 10.6. The number of nitrogens with zero attached hydrogens (tertiary/aromatic N) is 1. The van der Waals surface area contributed by atoms with E-state index in [0.717, 1.165) is 30.8 Å². The van der Waals surface area contributed by atoms with Crippen LogP contribution < -0.4 is 10.1 Å². The van der Waals surface area contributed by atoms with Gasteiger partial charge in [-0.25, -0.2) is 0 Å². The average Bonchev–Trinajstić information content (AvgIpc) is 3.32. The largest absolute Gasteiger partial charge is 0.497 e. The number of nitrogens with one attached hydrogen (secondary N) is 1. The summed E-state index contributed by atoms with van der Waals surface area (Å²) in [7, 11) is 1.79. The molecular weight excluding hydrogens is 384 g/mol. The summed E-state index contributed by atoms with van der Waals surface area (Å²) in [6.45, 7) is 2.08. The van der Waals surface area contributed by atoms with Gasteiger partial charge in [-0.15, -0.1) is 0 Å². The van der Waals surface area contributed by atoms with Gasteiger partial charge in [-0.2, -0.15) is 0 Å². The maximum atomic E-state index is 13.6. The highest BCUT2D eigenvalue weighted by molar-refractivity contribution is 5.94. The highest BCUT2D eigenvalue weighted by Crippen LogP contribution is 2.88. The van der Waals surface area contributed by atoms with Gasteiger partial charge >= 0.3 is 0 Å². The Morgan fingerprint density at radius 3 is 2.81 bits per heavy atom. The molecule has 6 aliphatic rings. The fourth-order valence-corrected chi connectivity index (χ4v) is 10.2. The van der Waals surface area contributed by atoms with Crippen molar-refractivity contribution in [1.29, 1.82) is 0 Å². The second-order valence-electron chi connectivity index (χ2n) is 11.1. The molecule has 158 valence electrons. The average molecular weight is 413 g/mol. The Kier molecular flexibility index (Phi) is 2.88. The van der Waals surface area contributed by atoms with Gasteiger partial charge < -0.3 is 15.0 Å². The molecule has 3 saturated carbocycles. The van der Waals surface area contributed by atoms with Crippen LogP contribution in [0.1, 0.15) is 40.7 Å². The van der Waals surface area contributed by atoms with Crippen LogP contribution in [0.4, 0.5) is 0 Å². The molecule has 4 aliphatic carbocycles. The molecule has 2 bridgehead atoms. The smallest absolute Gasteiger partial charge is 0.254 e. The zero-order valence-corrected chi connectivity index (χ0v) is 17.9. The van der Waals surface area contributed by atoms with Crippen molar-refractivity contribution in [2.45, 2.75) is 43.2 Å². The fourth-order valence-electron chi connectivity index (χ4n) is 10.2. The number of likely N-dealkylation sites (tertiary alicyclic amines) is 1. The molecule has 0 aromatic heterocycles. The van der Waals surface area contributed by atoms with Crippen LogP contribution in [-0.4, -0.2) is 43.1 Å². The fraction of sp³-hybridized carbons (Fsp3) is 0.519. The van der Waals surface area contributed by atoms with Crippen molar-refractivity contribution in [1.82, 2.24) is 10.2 Å². The van der Waals surface area contributed by atoms with Gasteiger partial charge in [0, 0.05) is 41.6 Å². The van der Waals surface area contributed by atoms with Gasteiger partial charge in [0.25, 0.3) is 5.91 Å². The van der Waals surface area contributed by atoms with E-state index in [1.807, 2.05) is 30.3 Å². The molecule has 6 unspecified atom stereocenters. The number of hydrogen-bond donors (Lipinski definition) is 1. The Labute approximate surface area is 183 Å². The Bertz CT molecular complexity index is 1150. The number of amides is 1. The van der Waals surface area contributed by atoms with Crippen LogP contribution in [0.25, 0.3) is 0 Å². The second-order valence-corrected chi connectivity index (χ2v) is 11.1. The number of carbonyl (C=O) groups excluding carboxylic acids is 1. The normalized spacial score (nSPS) is 44.5. The topological polar surface area (TPSA) is 41.6 Å². The predicted molar refractivity (Wildman–Crippen MR) is 117 cm³/mol. The molecule has 1 amide bonds. The monoisotopic (exact) mass is 412 g/mol. The van der Waals surface area contributed by atoms with E-state index in [9.17, 15) is 4.79 Å². The number of fused-ring (bicyclic) bond motifs is 1. The number of ether oxygens (including phenoxy) is 1. The van der Waals surface area contributed by atoms with Gasteiger partial charge in [-0.05, 0) is 78.3 Å². The molecule has 2 spiro atoms. The van der Waals surface area contributed by atoms with Gasteiger partial charge in [-0.3, -0.25) is 4.79 Å². The molecule has 4 heteroatoms. The molecule has 2 aromatic carbocycles. The summed E-state index contributed by atoms with van der Waals surface area (Å²) in [5, 5.41) is 3.89. The summed E-state index contributed by atoms with van der Waals surface area (Å²) < 4.78 is 5.70. The molecule has 2 aromatic rings. The number of carbonyl (C=O) groups is 1. The van der Waals surface area contributed by atoms with Crippen LogP contribution in [0.15, 0.2) is 48.5 Å². The Morgan fingerprint density at radius 1 is 1.16 bits per heavy atom. The highest BCUT2D eigenvalue weighted by Gasteiger charge is 2.92. The van der Waals surface area contributed by atoms with Crippen LogP contribution >= 0.6 is 0 Å². The lowest BCUT2D eigenvalue weighted by Gasteiger charge is -2.81. The predicted octanol–water partition coefficient (Wildman–Crippen LogP) is 3.40. The van der Waals surface area contributed by atoms with Gasteiger partial charge in [0.2, 0.25) is 0 Å². The van der Waals surface area contributed by atoms with Crippen LogP contribution in [-0.2, 0) is 11.8 Å². The minimum atomic E-state index is 0.235. The summed E-state index contributed by atoms with van der Waals surface area (Å²) in [6.07, 6.45) is 4.89. The zero-order chi connectivity index (χ0) is 20.6. The van der Waals surface area contributed by atoms with Crippen molar-refractivity contribution in [2.75, 3.05) is 20.2 Å². The molecule has 2 aliphatic heterocycles. The van der Waals surface area contributed by atoms with Gasteiger partial charge in [0.1, 0.15) is 5.75 Å². The standard InChI is InChI=1S/C27H28N2O2/c1-31-19-8-7-17-12-26-15-28-24(26)25-10-9-21-22(27(25,26)20(17)11-19)18(13-25)14-29(21)23(30)16-5-3-2-4-6-16/h2-8,11,18,21-22,24,28H,9-10,12-15H2,1H3/t18-,21?,22?,24?,25?,26?,27?/m1/s1. The van der Waals surface area contributed by atoms with Crippen LogP contribution in [0, 0.1) is 22.7 Å². The van der Waals surface area contributed by atoms with E-state index in [1.54, 1.807) is 18.2 Å². The van der Waals surface area contributed by atoms with Gasteiger partial charge in [0.15, 0.2) is 0 Å². The van der Waals surface area contributed by atoms with E-state index in [4.69, 9.17) is 4.74 Å². The van der Waals surface area contributed by atoms with E-state index in [1.165, 1.54) is 19.3 Å². The molecule has 0 radical (unpaired) electrons. The first kappa shape index (κ1) is 17.3. The maximum Gasteiger partial charge on any atom is 0.254 e. The molecule has 31 heavy (non-hydrogen) atoms. The summed E-state index contributed by atoms with van der Waals surface area (Å²) in [5.41, 5.74) is 4.96. The first-order valence-electron chi connectivity index (χ1n) is 11.9. The molecule has 7 atom stereocenters. The lowest BCUT2D eigenvalue weighted by atomic mass is 9.27. The summed E-state index contributed by atoms with van der Waals surface area (Å²) in [4.78, 5) is 15.8. The van der Waals surface area contributed by atoms with Gasteiger partial charge in [-0.1, -0.05) is 24.3 Å². The van der Waals surface area contributed by atoms with Crippen molar-refractivity contribution in [3.63, 3.8) is 0 Å². The van der Waals surface area contributed by atoms with Crippen LogP contribution in [0.3, 0.4) is 0 Å². The van der Waals surface area contributed by atoms with Crippen LogP contribution in [0.2, 0.25) is 0 Å². The molecule has 4 nitrogen and oxygen atoms in total. The summed E-state index contributed by atoms with van der Waals surface area (Å²) >= 11 is 0. The Balaban J connectivity index is 1.29. The number of benzene rings is 2. The number of rotatable bonds is 2. The quantitative estimate of drug-likeness (QED) is 0.822. The SMILES string of the molecule is COc1ccc2c(c1)C13C4C5CCC1(C[C@@H]4CN5C(=O)c1ccccc1)C1NCC13C2. The molecule has 2 saturated heterocycles. The van der Waals surface area contributed by atoms with E-state index in [-0.39, 0.29) is 11.3 Å².